The minimum Gasteiger partial charge on any atom is -0.376 e. The largest absolute Gasteiger partial charge is 0.376 e. The zero-order chi connectivity index (χ0) is 12.3. The van der Waals surface area contributed by atoms with Crippen LogP contribution in [0.2, 0.25) is 0 Å². The Hall–Kier alpha value is -0.450. The smallest absolute Gasteiger partial charge is 0.126 e. The predicted molar refractivity (Wildman–Crippen MR) is 69.7 cm³/mol. The van der Waals surface area contributed by atoms with E-state index in [0.717, 1.165) is 42.7 Å². The minimum atomic E-state index is -0.116. The number of hydrogen-bond donors (Lipinski definition) is 0. The molecule has 2 rings (SSSR count). The Balaban J connectivity index is 1.90. The van der Waals surface area contributed by atoms with Crippen LogP contribution in [-0.4, -0.2) is 37.2 Å². The van der Waals surface area contributed by atoms with E-state index in [4.69, 9.17) is 4.74 Å². The molecule has 4 heteroatoms. The molecular formula is C13H17BrFNO. The zero-order valence-corrected chi connectivity index (χ0v) is 11.5. The summed E-state index contributed by atoms with van der Waals surface area (Å²) in [5.41, 5.74) is 0.776. The SMILES string of the molecule is CC1CN(CCc2cc(Br)ccc2F)CCO1. The summed E-state index contributed by atoms with van der Waals surface area (Å²) in [7, 11) is 0. The van der Waals surface area contributed by atoms with Gasteiger partial charge in [-0.2, -0.15) is 0 Å². The fourth-order valence-electron chi connectivity index (χ4n) is 2.11. The molecule has 1 aliphatic heterocycles. The summed E-state index contributed by atoms with van der Waals surface area (Å²) in [6.45, 7) is 5.63. The van der Waals surface area contributed by atoms with Gasteiger partial charge < -0.3 is 4.74 Å². The Morgan fingerprint density at radius 1 is 1.53 bits per heavy atom. The highest BCUT2D eigenvalue weighted by atomic mass is 79.9. The maximum atomic E-state index is 13.5. The summed E-state index contributed by atoms with van der Waals surface area (Å²) in [5, 5.41) is 0. The average molecular weight is 302 g/mol. The third-order valence-corrected chi connectivity index (χ3v) is 3.52. The van der Waals surface area contributed by atoms with Crippen molar-refractivity contribution in [3.05, 3.63) is 34.1 Å². The molecule has 2 nitrogen and oxygen atoms in total. The van der Waals surface area contributed by atoms with Crippen LogP contribution in [0.25, 0.3) is 0 Å². The monoisotopic (exact) mass is 301 g/mol. The second kappa shape index (κ2) is 5.94. The highest BCUT2D eigenvalue weighted by Gasteiger charge is 2.16. The summed E-state index contributed by atoms with van der Waals surface area (Å²) in [6.07, 6.45) is 1.04. The quantitative estimate of drug-likeness (QED) is 0.851. The maximum absolute atomic E-state index is 13.5. The van der Waals surface area contributed by atoms with Crippen molar-refractivity contribution in [1.82, 2.24) is 4.90 Å². The molecule has 1 aromatic carbocycles. The van der Waals surface area contributed by atoms with Gasteiger partial charge in [-0.25, -0.2) is 4.39 Å². The second-order valence-corrected chi connectivity index (χ2v) is 5.38. The van der Waals surface area contributed by atoms with E-state index in [1.54, 1.807) is 6.07 Å². The summed E-state index contributed by atoms with van der Waals surface area (Å²) in [4.78, 5) is 2.33. The minimum absolute atomic E-state index is 0.116. The molecule has 0 N–H and O–H groups in total. The van der Waals surface area contributed by atoms with Gasteiger partial charge in [0.1, 0.15) is 5.82 Å². The van der Waals surface area contributed by atoms with Gasteiger partial charge in [-0.3, -0.25) is 4.90 Å². The molecule has 0 saturated carbocycles. The number of ether oxygens (including phenoxy) is 1. The second-order valence-electron chi connectivity index (χ2n) is 4.47. The summed E-state index contributed by atoms with van der Waals surface area (Å²) in [6, 6.07) is 5.11. The molecule has 1 atom stereocenters. The van der Waals surface area contributed by atoms with E-state index < -0.39 is 0 Å². The number of benzene rings is 1. The molecule has 1 saturated heterocycles. The fourth-order valence-corrected chi connectivity index (χ4v) is 2.52. The van der Waals surface area contributed by atoms with E-state index in [2.05, 4.69) is 27.8 Å². The van der Waals surface area contributed by atoms with Gasteiger partial charge in [0.05, 0.1) is 12.7 Å². The summed E-state index contributed by atoms with van der Waals surface area (Å²) < 4.78 is 20.0. The van der Waals surface area contributed by atoms with Crippen LogP contribution in [0.3, 0.4) is 0 Å². The van der Waals surface area contributed by atoms with Crippen LogP contribution in [-0.2, 0) is 11.2 Å². The standard InChI is InChI=1S/C13H17BrFNO/c1-10-9-16(6-7-17-10)5-4-11-8-12(14)2-3-13(11)15/h2-3,8,10H,4-7,9H2,1H3. The number of morpholine rings is 1. The van der Waals surface area contributed by atoms with Gasteiger partial charge in [-0.05, 0) is 37.1 Å². The molecule has 0 aromatic heterocycles. The summed E-state index contributed by atoms with van der Waals surface area (Å²) >= 11 is 3.37. The highest BCUT2D eigenvalue weighted by molar-refractivity contribution is 9.10. The average Bonchev–Trinajstić information content (AvgIpc) is 2.30. The van der Waals surface area contributed by atoms with E-state index in [9.17, 15) is 4.39 Å². The lowest BCUT2D eigenvalue weighted by Crippen LogP contribution is -2.41. The van der Waals surface area contributed by atoms with Gasteiger partial charge in [0.2, 0.25) is 0 Å². The first-order valence-electron chi connectivity index (χ1n) is 5.93. The molecule has 0 radical (unpaired) electrons. The summed E-state index contributed by atoms with van der Waals surface area (Å²) in [5.74, 6) is -0.116. The lowest BCUT2D eigenvalue weighted by atomic mass is 10.1. The van der Waals surface area contributed by atoms with Gasteiger partial charge in [-0.1, -0.05) is 15.9 Å². The van der Waals surface area contributed by atoms with E-state index >= 15 is 0 Å². The Labute approximate surface area is 110 Å². The van der Waals surface area contributed by atoms with Crippen LogP contribution in [0.4, 0.5) is 4.39 Å². The van der Waals surface area contributed by atoms with Crippen LogP contribution in [0.5, 0.6) is 0 Å². The predicted octanol–water partition coefficient (Wildman–Crippen LogP) is 2.85. The van der Waals surface area contributed by atoms with E-state index in [1.165, 1.54) is 6.07 Å². The topological polar surface area (TPSA) is 12.5 Å². The van der Waals surface area contributed by atoms with Crippen molar-refractivity contribution in [1.29, 1.82) is 0 Å². The first kappa shape index (κ1) is 13.0. The Kier molecular flexibility index (Phi) is 4.54. The van der Waals surface area contributed by atoms with Gasteiger partial charge in [-0.15, -0.1) is 0 Å². The van der Waals surface area contributed by atoms with Gasteiger partial charge in [0, 0.05) is 24.1 Å². The van der Waals surface area contributed by atoms with Crippen LogP contribution < -0.4 is 0 Å². The van der Waals surface area contributed by atoms with Crippen molar-refractivity contribution < 1.29 is 9.13 Å². The fraction of sp³-hybridized carbons (Fsp3) is 0.538. The Morgan fingerprint density at radius 3 is 3.12 bits per heavy atom. The molecular weight excluding hydrogens is 285 g/mol. The molecule has 1 unspecified atom stereocenters. The van der Waals surface area contributed by atoms with Crippen molar-refractivity contribution in [2.75, 3.05) is 26.2 Å². The van der Waals surface area contributed by atoms with Gasteiger partial charge in [0.15, 0.2) is 0 Å². The third-order valence-electron chi connectivity index (χ3n) is 3.03. The third kappa shape index (κ3) is 3.76. The maximum Gasteiger partial charge on any atom is 0.126 e. The molecule has 1 aromatic rings. The number of nitrogens with zero attached hydrogens (tertiary/aromatic N) is 1. The molecule has 0 bridgehead atoms. The molecule has 1 fully saturated rings. The van der Waals surface area contributed by atoms with Crippen molar-refractivity contribution in [3.63, 3.8) is 0 Å². The lowest BCUT2D eigenvalue weighted by molar-refractivity contribution is -0.0177. The van der Waals surface area contributed by atoms with Crippen molar-refractivity contribution in [3.8, 4) is 0 Å². The lowest BCUT2D eigenvalue weighted by Gasteiger charge is -2.31. The number of halogens is 2. The molecule has 0 aliphatic carbocycles. The van der Waals surface area contributed by atoms with Crippen LogP contribution in [0, 0.1) is 5.82 Å². The van der Waals surface area contributed by atoms with E-state index in [-0.39, 0.29) is 11.9 Å². The number of hydrogen-bond acceptors (Lipinski definition) is 2. The zero-order valence-electron chi connectivity index (χ0n) is 9.96. The van der Waals surface area contributed by atoms with Crippen molar-refractivity contribution in [2.45, 2.75) is 19.4 Å². The van der Waals surface area contributed by atoms with E-state index in [1.807, 2.05) is 6.07 Å². The van der Waals surface area contributed by atoms with Crippen LogP contribution in [0.1, 0.15) is 12.5 Å². The first-order chi connectivity index (χ1) is 8.15. The molecule has 0 spiro atoms. The van der Waals surface area contributed by atoms with Crippen LogP contribution >= 0.6 is 15.9 Å². The molecule has 94 valence electrons. The Morgan fingerprint density at radius 2 is 2.35 bits per heavy atom. The molecule has 17 heavy (non-hydrogen) atoms. The first-order valence-corrected chi connectivity index (χ1v) is 6.72. The number of rotatable bonds is 3. The normalized spacial score (nSPS) is 21.7. The molecule has 0 amide bonds. The van der Waals surface area contributed by atoms with Crippen LogP contribution in [0.15, 0.2) is 22.7 Å². The molecule has 1 heterocycles. The van der Waals surface area contributed by atoms with Crippen molar-refractivity contribution >= 4 is 15.9 Å². The van der Waals surface area contributed by atoms with Crippen molar-refractivity contribution in [2.24, 2.45) is 0 Å². The van der Waals surface area contributed by atoms with Gasteiger partial charge in [0.25, 0.3) is 0 Å². The Bertz CT molecular complexity index is 386. The molecule has 1 aliphatic rings. The highest BCUT2D eigenvalue weighted by Crippen LogP contribution is 2.16. The van der Waals surface area contributed by atoms with E-state index in [0.29, 0.717) is 0 Å². The van der Waals surface area contributed by atoms with Gasteiger partial charge >= 0.3 is 0 Å².